The van der Waals surface area contributed by atoms with Crippen LogP contribution in [-0.2, 0) is 21.4 Å². The van der Waals surface area contributed by atoms with Gasteiger partial charge < -0.3 is 10.1 Å². The summed E-state index contributed by atoms with van der Waals surface area (Å²) in [7, 11) is -1.84. The second-order valence-corrected chi connectivity index (χ2v) is 7.57. The first kappa shape index (κ1) is 18.7. The third-order valence-electron chi connectivity index (χ3n) is 3.60. The molecule has 0 spiro atoms. The second kappa shape index (κ2) is 7.98. The van der Waals surface area contributed by atoms with Crippen LogP contribution in [-0.4, -0.2) is 38.7 Å². The van der Waals surface area contributed by atoms with Crippen molar-refractivity contribution in [2.75, 3.05) is 17.6 Å². The standard InChI is InChI=1S/C17H21N3O4S/c1-13(17(21)19-12-14-8-10-18-11-9-14)24-16-6-4-15(5-7-16)20(2)25(3,22)23/h4-11,13H,12H2,1-3H3,(H,19,21). The van der Waals surface area contributed by atoms with E-state index in [0.717, 1.165) is 11.8 Å². The first-order valence-corrected chi connectivity index (χ1v) is 9.49. The SMILES string of the molecule is CC(Oc1ccc(N(C)S(C)(=O)=O)cc1)C(=O)NCc1ccncc1. The molecule has 0 aliphatic heterocycles. The zero-order valence-electron chi connectivity index (χ0n) is 14.3. The summed E-state index contributed by atoms with van der Waals surface area (Å²) < 4.78 is 29.8. The molecule has 2 aromatic rings. The van der Waals surface area contributed by atoms with E-state index in [9.17, 15) is 13.2 Å². The molecule has 0 radical (unpaired) electrons. The van der Waals surface area contributed by atoms with Crippen molar-refractivity contribution in [1.29, 1.82) is 0 Å². The van der Waals surface area contributed by atoms with Crippen LogP contribution < -0.4 is 14.4 Å². The number of sulfonamides is 1. The number of hydrogen-bond acceptors (Lipinski definition) is 5. The number of pyridine rings is 1. The molecule has 25 heavy (non-hydrogen) atoms. The average Bonchev–Trinajstić information content (AvgIpc) is 2.59. The number of hydrogen-bond donors (Lipinski definition) is 1. The molecule has 1 aromatic carbocycles. The van der Waals surface area contributed by atoms with Gasteiger partial charge in [-0.25, -0.2) is 8.42 Å². The number of ether oxygens (including phenoxy) is 1. The normalized spacial score (nSPS) is 12.3. The van der Waals surface area contributed by atoms with Crippen molar-refractivity contribution in [3.05, 3.63) is 54.4 Å². The van der Waals surface area contributed by atoms with E-state index in [1.165, 1.54) is 11.4 Å². The summed E-state index contributed by atoms with van der Waals surface area (Å²) in [5.74, 6) is 0.242. The van der Waals surface area contributed by atoms with Crippen molar-refractivity contribution in [3.8, 4) is 5.75 Å². The zero-order chi connectivity index (χ0) is 18.4. The minimum Gasteiger partial charge on any atom is -0.481 e. The smallest absolute Gasteiger partial charge is 0.261 e. The topological polar surface area (TPSA) is 88.6 Å². The van der Waals surface area contributed by atoms with Crippen molar-refractivity contribution in [2.24, 2.45) is 0 Å². The molecule has 1 aromatic heterocycles. The van der Waals surface area contributed by atoms with Gasteiger partial charge in [-0.15, -0.1) is 0 Å². The molecule has 0 bridgehead atoms. The van der Waals surface area contributed by atoms with E-state index in [-0.39, 0.29) is 5.91 Å². The number of nitrogens with one attached hydrogen (secondary N) is 1. The van der Waals surface area contributed by atoms with Gasteiger partial charge in [-0.2, -0.15) is 0 Å². The van der Waals surface area contributed by atoms with Gasteiger partial charge in [0.15, 0.2) is 6.10 Å². The Bertz CT molecular complexity index is 808. The Balaban J connectivity index is 1.91. The number of carbonyl (C=O) groups is 1. The van der Waals surface area contributed by atoms with Gasteiger partial charge in [-0.3, -0.25) is 14.1 Å². The Morgan fingerprint density at radius 3 is 2.36 bits per heavy atom. The van der Waals surface area contributed by atoms with Crippen LogP contribution in [0.5, 0.6) is 5.75 Å². The molecular formula is C17H21N3O4S. The largest absolute Gasteiger partial charge is 0.481 e. The maximum absolute atomic E-state index is 12.1. The maximum Gasteiger partial charge on any atom is 0.261 e. The monoisotopic (exact) mass is 363 g/mol. The van der Waals surface area contributed by atoms with Gasteiger partial charge >= 0.3 is 0 Å². The van der Waals surface area contributed by atoms with Gasteiger partial charge in [-0.05, 0) is 48.9 Å². The lowest BCUT2D eigenvalue weighted by Gasteiger charge is -2.18. The van der Waals surface area contributed by atoms with Crippen LogP contribution in [0, 0.1) is 0 Å². The Hall–Kier alpha value is -2.61. The summed E-state index contributed by atoms with van der Waals surface area (Å²) in [5.41, 5.74) is 1.47. The molecule has 1 heterocycles. The third-order valence-corrected chi connectivity index (χ3v) is 4.80. The first-order chi connectivity index (χ1) is 11.8. The number of aromatic nitrogens is 1. The number of anilines is 1. The van der Waals surface area contributed by atoms with Crippen LogP contribution in [0.15, 0.2) is 48.8 Å². The molecule has 2 rings (SSSR count). The quantitative estimate of drug-likeness (QED) is 0.806. The molecule has 1 amide bonds. The van der Waals surface area contributed by atoms with E-state index in [0.29, 0.717) is 18.0 Å². The Labute approximate surface area is 147 Å². The minimum absolute atomic E-state index is 0.242. The molecule has 7 nitrogen and oxygen atoms in total. The Morgan fingerprint density at radius 1 is 1.20 bits per heavy atom. The van der Waals surface area contributed by atoms with Gasteiger partial charge in [0.2, 0.25) is 10.0 Å². The van der Waals surface area contributed by atoms with Crippen LogP contribution in [0.2, 0.25) is 0 Å². The van der Waals surface area contributed by atoms with Crippen LogP contribution >= 0.6 is 0 Å². The highest BCUT2D eigenvalue weighted by Gasteiger charge is 2.15. The third kappa shape index (κ3) is 5.46. The fourth-order valence-electron chi connectivity index (χ4n) is 2.02. The van der Waals surface area contributed by atoms with E-state index < -0.39 is 16.1 Å². The lowest BCUT2D eigenvalue weighted by Crippen LogP contribution is -2.35. The number of benzene rings is 1. The molecular weight excluding hydrogens is 342 g/mol. The molecule has 8 heteroatoms. The lowest BCUT2D eigenvalue weighted by molar-refractivity contribution is -0.127. The molecule has 1 atom stereocenters. The molecule has 1 unspecified atom stereocenters. The van der Waals surface area contributed by atoms with E-state index in [1.807, 2.05) is 12.1 Å². The first-order valence-electron chi connectivity index (χ1n) is 7.64. The van der Waals surface area contributed by atoms with Gasteiger partial charge in [0.05, 0.1) is 11.9 Å². The summed E-state index contributed by atoms with van der Waals surface area (Å²) in [6.07, 6.45) is 3.78. The fourth-order valence-corrected chi connectivity index (χ4v) is 2.52. The molecule has 0 aliphatic carbocycles. The number of amides is 1. The molecule has 134 valence electrons. The van der Waals surface area contributed by atoms with Crippen molar-refractivity contribution in [1.82, 2.24) is 10.3 Å². The van der Waals surface area contributed by atoms with Gasteiger partial charge in [0.1, 0.15) is 5.75 Å². The van der Waals surface area contributed by atoms with E-state index in [1.54, 1.807) is 43.6 Å². The highest BCUT2D eigenvalue weighted by Crippen LogP contribution is 2.21. The van der Waals surface area contributed by atoms with Crippen LogP contribution in [0.25, 0.3) is 0 Å². The minimum atomic E-state index is -3.31. The maximum atomic E-state index is 12.1. The van der Waals surface area contributed by atoms with Crippen molar-refractivity contribution in [3.63, 3.8) is 0 Å². The summed E-state index contributed by atoms with van der Waals surface area (Å²) in [5, 5.41) is 2.79. The molecule has 0 fully saturated rings. The number of carbonyl (C=O) groups excluding carboxylic acids is 1. The van der Waals surface area contributed by atoms with E-state index >= 15 is 0 Å². The summed E-state index contributed by atoms with van der Waals surface area (Å²) >= 11 is 0. The molecule has 0 saturated carbocycles. The average molecular weight is 363 g/mol. The lowest BCUT2D eigenvalue weighted by atomic mass is 10.2. The highest BCUT2D eigenvalue weighted by molar-refractivity contribution is 7.92. The number of nitrogens with zero attached hydrogens (tertiary/aromatic N) is 2. The summed E-state index contributed by atoms with van der Waals surface area (Å²) in [6, 6.07) is 10.1. The summed E-state index contributed by atoms with van der Waals surface area (Å²) in [6.45, 7) is 2.05. The Kier molecular flexibility index (Phi) is 5.97. The van der Waals surface area contributed by atoms with Gasteiger partial charge in [-0.1, -0.05) is 0 Å². The van der Waals surface area contributed by atoms with E-state index in [2.05, 4.69) is 10.3 Å². The van der Waals surface area contributed by atoms with E-state index in [4.69, 9.17) is 4.74 Å². The second-order valence-electron chi connectivity index (χ2n) is 5.56. The van der Waals surface area contributed by atoms with Gasteiger partial charge in [0, 0.05) is 26.0 Å². The Morgan fingerprint density at radius 2 is 1.80 bits per heavy atom. The number of rotatable bonds is 7. The molecule has 0 saturated heterocycles. The van der Waals surface area contributed by atoms with Crippen molar-refractivity contribution < 1.29 is 17.9 Å². The predicted octanol–water partition coefficient (Wildman–Crippen LogP) is 1.56. The van der Waals surface area contributed by atoms with Crippen molar-refractivity contribution in [2.45, 2.75) is 19.6 Å². The fraction of sp³-hybridized carbons (Fsp3) is 0.294. The predicted molar refractivity (Wildman–Crippen MR) is 95.9 cm³/mol. The van der Waals surface area contributed by atoms with Crippen molar-refractivity contribution >= 4 is 21.6 Å². The molecule has 0 aliphatic rings. The molecule has 1 N–H and O–H groups in total. The van der Waals surface area contributed by atoms with Crippen LogP contribution in [0.1, 0.15) is 12.5 Å². The van der Waals surface area contributed by atoms with Crippen LogP contribution in [0.3, 0.4) is 0 Å². The van der Waals surface area contributed by atoms with Crippen LogP contribution in [0.4, 0.5) is 5.69 Å². The zero-order valence-corrected chi connectivity index (χ0v) is 15.2. The summed E-state index contributed by atoms with van der Waals surface area (Å²) in [4.78, 5) is 16.0. The van der Waals surface area contributed by atoms with Gasteiger partial charge in [0.25, 0.3) is 5.91 Å². The highest BCUT2D eigenvalue weighted by atomic mass is 32.2.